The largest absolute Gasteiger partial charge is 0.493 e. The summed E-state index contributed by atoms with van der Waals surface area (Å²) in [4.78, 5) is 49.0. The molecular weight excluding hydrogens is 616 g/mol. The van der Waals surface area contributed by atoms with Gasteiger partial charge in [-0.1, -0.05) is 37.3 Å². The Labute approximate surface area is 272 Å². The number of aromatic carboxylic acids is 1. The number of thioether (sulfide) groups is 1. The molecule has 0 saturated carbocycles. The van der Waals surface area contributed by atoms with Gasteiger partial charge in [0.1, 0.15) is 0 Å². The standard InChI is InChI=1S/C15H19NO5.C9H11NO3.C9H10O2S/c1-9(17)16-5-4-10-6-13(20-2)14(21-3)7-11(10)12(16)8-15(18)19;1-2-6-13-7-4-3-5-10-8(7)9(11)12;10-9(11)7-12-6-8-4-2-1-3-5-8/h6-7,12H,4-5,8H2,1-3H3,(H,18,19);3-5H,2,6H2,1H3,(H,11,12);1-5H,6-7H2,(H,10,11). The highest BCUT2D eigenvalue weighted by Crippen LogP contribution is 2.39. The average Bonchev–Trinajstić information content (AvgIpc) is 3.04. The lowest BCUT2D eigenvalue weighted by atomic mass is 9.90. The highest BCUT2D eigenvalue weighted by molar-refractivity contribution is 7.99. The molecule has 3 N–H and O–H groups in total. The predicted octanol–water partition coefficient (Wildman–Crippen LogP) is 5.20. The minimum atomic E-state index is -1.06. The molecule has 2 aromatic carbocycles. The maximum atomic E-state index is 11.8. The highest BCUT2D eigenvalue weighted by Gasteiger charge is 2.32. The molecular formula is C33H40N2O10S. The van der Waals surface area contributed by atoms with Crippen molar-refractivity contribution in [1.82, 2.24) is 9.88 Å². The van der Waals surface area contributed by atoms with Crippen LogP contribution in [0.25, 0.3) is 0 Å². The molecule has 1 aliphatic heterocycles. The number of ether oxygens (including phenoxy) is 3. The fourth-order valence-electron chi connectivity index (χ4n) is 4.50. The Hall–Kier alpha value is -4.78. The number of nitrogens with zero attached hydrogens (tertiary/aromatic N) is 2. The number of carbonyl (C=O) groups is 4. The summed E-state index contributed by atoms with van der Waals surface area (Å²) >= 11 is 1.41. The Morgan fingerprint density at radius 3 is 2.17 bits per heavy atom. The number of carboxylic acid groups (broad SMARTS) is 3. The number of aliphatic carboxylic acids is 2. The summed E-state index contributed by atoms with van der Waals surface area (Å²) in [5.74, 6) is -0.448. The lowest BCUT2D eigenvalue weighted by Gasteiger charge is -2.36. The van der Waals surface area contributed by atoms with Gasteiger partial charge in [0, 0.05) is 25.4 Å². The van der Waals surface area contributed by atoms with E-state index in [1.807, 2.05) is 43.3 Å². The number of fused-ring (bicyclic) bond motifs is 1. The summed E-state index contributed by atoms with van der Waals surface area (Å²) in [7, 11) is 3.09. The fourth-order valence-corrected chi connectivity index (χ4v) is 5.21. The van der Waals surface area contributed by atoms with Gasteiger partial charge in [-0.2, -0.15) is 0 Å². The number of amides is 1. The summed E-state index contributed by atoms with van der Waals surface area (Å²) in [5, 5.41) is 26.2. The normalized spacial score (nSPS) is 13.0. The summed E-state index contributed by atoms with van der Waals surface area (Å²) in [6.07, 6.45) is 2.82. The van der Waals surface area contributed by atoms with E-state index in [-0.39, 0.29) is 23.8 Å². The first-order chi connectivity index (χ1) is 22.0. The molecule has 12 nitrogen and oxygen atoms in total. The van der Waals surface area contributed by atoms with Crippen molar-refractivity contribution in [3.8, 4) is 17.2 Å². The van der Waals surface area contributed by atoms with Crippen molar-refractivity contribution in [1.29, 1.82) is 0 Å². The molecule has 1 atom stereocenters. The first-order valence-electron chi connectivity index (χ1n) is 14.4. The van der Waals surface area contributed by atoms with E-state index in [9.17, 15) is 19.2 Å². The van der Waals surface area contributed by atoms with Crippen molar-refractivity contribution < 1.29 is 48.7 Å². The molecule has 4 rings (SSSR count). The van der Waals surface area contributed by atoms with E-state index >= 15 is 0 Å². The zero-order chi connectivity index (χ0) is 34.1. The lowest BCUT2D eigenvalue weighted by molar-refractivity contribution is -0.141. The molecule has 46 heavy (non-hydrogen) atoms. The molecule has 1 amide bonds. The Morgan fingerprint density at radius 1 is 0.935 bits per heavy atom. The third kappa shape index (κ3) is 12.0. The Morgan fingerprint density at radius 2 is 1.61 bits per heavy atom. The molecule has 2 heterocycles. The van der Waals surface area contributed by atoms with Crippen LogP contribution in [-0.4, -0.2) is 82.1 Å². The van der Waals surface area contributed by atoms with Gasteiger partial charge in [-0.3, -0.25) is 14.4 Å². The van der Waals surface area contributed by atoms with Gasteiger partial charge in [-0.25, -0.2) is 9.78 Å². The number of carbonyl (C=O) groups excluding carboxylic acids is 1. The zero-order valence-corrected chi connectivity index (χ0v) is 27.1. The molecule has 1 aromatic heterocycles. The number of benzene rings is 2. The van der Waals surface area contributed by atoms with Gasteiger partial charge in [0.15, 0.2) is 22.9 Å². The molecule has 0 aliphatic carbocycles. The number of pyridine rings is 1. The summed E-state index contributed by atoms with van der Waals surface area (Å²) in [6, 6.07) is 16.3. The SMILES string of the molecule is CCCOc1cccnc1C(=O)O.COc1cc2c(cc1OC)C(CC(=O)O)N(C(C)=O)CC2.O=C(O)CSCc1ccccc1. The van der Waals surface area contributed by atoms with Gasteiger partial charge >= 0.3 is 17.9 Å². The number of methoxy groups -OCH3 is 2. The van der Waals surface area contributed by atoms with Crippen molar-refractivity contribution in [3.05, 3.63) is 83.2 Å². The van der Waals surface area contributed by atoms with Gasteiger partial charge in [0.2, 0.25) is 5.91 Å². The van der Waals surface area contributed by atoms with Crippen LogP contribution >= 0.6 is 11.8 Å². The molecule has 13 heteroatoms. The Kier molecular flexibility index (Phi) is 15.9. The topological polar surface area (TPSA) is 173 Å². The fraction of sp³-hybridized carbons (Fsp3) is 0.364. The van der Waals surface area contributed by atoms with Crippen LogP contribution in [0, 0.1) is 0 Å². The molecule has 1 aliphatic rings. The second kappa shape index (κ2) is 19.6. The lowest BCUT2D eigenvalue weighted by Crippen LogP contribution is -2.39. The van der Waals surface area contributed by atoms with E-state index in [1.165, 1.54) is 37.6 Å². The second-order valence-corrected chi connectivity index (χ2v) is 10.8. The van der Waals surface area contributed by atoms with Crippen LogP contribution in [0.5, 0.6) is 17.2 Å². The highest BCUT2D eigenvalue weighted by atomic mass is 32.2. The monoisotopic (exact) mass is 656 g/mol. The van der Waals surface area contributed by atoms with E-state index < -0.39 is 23.9 Å². The first kappa shape index (κ1) is 37.4. The third-order valence-corrected chi connectivity index (χ3v) is 7.54. The second-order valence-electron chi connectivity index (χ2n) is 9.86. The summed E-state index contributed by atoms with van der Waals surface area (Å²) < 4.78 is 15.8. The smallest absolute Gasteiger partial charge is 0.358 e. The van der Waals surface area contributed by atoms with Crippen molar-refractivity contribution >= 4 is 35.6 Å². The third-order valence-electron chi connectivity index (χ3n) is 6.55. The van der Waals surface area contributed by atoms with Gasteiger partial charge in [0.05, 0.1) is 39.0 Å². The molecule has 0 saturated heterocycles. The van der Waals surface area contributed by atoms with Crippen molar-refractivity contribution in [2.45, 2.75) is 44.9 Å². The van der Waals surface area contributed by atoms with Gasteiger partial charge in [-0.15, -0.1) is 11.8 Å². The average molecular weight is 657 g/mol. The van der Waals surface area contributed by atoms with Crippen molar-refractivity contribution in [2.75, 3.05) is 33.1 Å². The molecule has 0 fully saturated rings. The van der Waals surface area contributed by atoms with E-state index in [0.29, 0.717) is 36.8 Å². The van der Waals surface area contributed by atoms with Gasteiger partial charge < -0.3 is 34.4 Å². The van der Waals surface area contributed by atoms with Crippen LogP contribution in [0.2, 0.25) is 0 Å². The molecule has 0 radical (unpaired) electrons. The summed E-state index contributed by atoms with van der Waals surface area (Å²) in [6.45, 7) is 4.43. The van der Waals surface area contributed by atoms with Gasteiger partial charge in [-0.05, 0) is 53.8 Å². The van der Waals surface area contributed by atoms with Crippen LogP contribution in [0.15, 0.2) is 60.8 Å². The van der Waals surface area contributed by atoms with Crippen molar-refractivity contribution in [2.24, 2.45) is 0 Å². The number of aromatic nitrogens is 1. The van der Waals surface area contributed by atoms with Crippen LogP contribution < -0.4 is 14.2 Å². The van der Waals surface area contributed by atoms with E-state index in [1.54, 1.807) is 30.2 Å². The number of hydrogen-bond acceptors (Lipinski definition) is 9. The predicted molar refractivity (Wildman–Crippen MR) is 173 cm³/mol. The van der Waals surface area contributed by atoms with Crippen LogP contribution in [0.1, 0.15) is 59.9 Å². The Bertz CT molecular complexity index is 1450. The Balaban J connectivity index is 0.000000255. The first-order valence-corrected chi connectivity index (χ1v) is 15.6. The molecule has 1 unspecified atom stereocenters. The maximum absolute atomic E-state index is 11.8. The van der Waals surface area contributed by atoms with Crippen LogP contribution in [0.3, 0.4) is 0 Å². The molecule has 0 spiro atoms. The molecule has 0 bridgehead atoms. The minimum Gasteiger partial charge on any atom is -0.493 e. The van der Waals surface area contributed by atoms with Crippen LogP contribution in [0.4, 0.5) is 0 Å². The maximum Gasteiger partial charge on any atom is 0.358 e. The number of rotatable bonds is 12. The van der Waals surface area contributed by atoms with Crippen LogP contribution in [-0.2, 0) is 26.6 Å². The van der Waals surface area contributed by atoms with E-state index in [2.05, 4.69) is 4.98 Å². The minimum absolute atomic E-state index is 0.0315. The van der Waals surface area contributed by atoms with Crippen molar-refractivity contribution in [3.63, 3.8) is 0 Å². The number of carboxylic acids is 3. The summed E-state index contributed by atoms with van der Waals surface area (Å²) in [5.41, 5.74) is 2.95. The van der Waals surface area contributed by atoms with E-state index in [0.717, 1.165) is 23.3 Å². The molecule has 3 aromatic rings. The quantitative estimate of drug-likeness (QED) is 0.233. The van der Waals surface area contributed by atoms with E-state index in [4.69, 9.17) is 29.5 Å². The molecule has 248 valence electrons. The number of hydrogen-bond donors (Lipinski definition) is 3. The zero-order valence-electron chi connectivity index (χ0n) is 26.3. The van der Waals surface area contributed by atoms with Gasteiger partial charge in [0.25, 0.3) is 0 Å².